The van der Waals surface area contributed by atoms with Gasteiger partial charge in [-0.15, -0.1) is 0 Å². The van der Waals surface area contributed by atoms with Crippen molar-refractivity contribution in [2.75, 3.05) is 4.90 Å². The van der Waals surface area contributed by atoms with Crippen LogP contribution in [-0.4, -0.2) is 14.5 Å². The number of para-hydroxylation sites is 4. The third-order valence-corrected chi connectivity index (χ3v) is 11.5. The van der Waals surface area contributed by atoms with E-state index in [9.17, 15) is 0 Å². The lowest BCUT2D eigenvalue weighted by molar-refractivity contribution is 0.633. The maximum atomic E-state index is 6.75. The van der Waals surface area contributed by atoms with Gasteiger partial charge in [0.25, 0.3) is 0 Å². The van der Waals surface area contributed by atoms with Crippen LogP contribution in [0.2, 0.25) is 0 Å². The second-order valence-corrected chi connectivity index (χ2v) is 14.5. The quantitative estimate of drug-likeness (QED) is 0.183. The van der Waals surface area contributed by atoms with Crippen LogP contribution in [0.4, 0.5) is 11.4 Å². The van der Waals surface area contributed by atoms with E-state index in [2.05, 4.69) is 173 Å². The highest BCUT2D eigenvalue weighted by molar-refractivity contribution is 6.11. The summed E-state index contributed by atoms with van der Waals surface area (Å²) < 4.78 is 9.23. The minimum Gasteiger partial charge on any atom is -0.454 e. The molecule has 10 aromatic rings. The Morgan fingerprint density at radius 1 is 0.527 bits per heavy atom. The van der Waals surface area contributed by atoms with Crippen molar-refractivity contribution in [2.24, 2.45) is 0 Å². The molecule has 0 N–H and O–H groups in total. The summed E-state index contributed by atoms with van der Waals surface area (Å²) in [5.74, 6) is 0.827. The number of rotatable bonds is 4. The molecule has 0 saturated heterocycles. The maximum absolute atomic E-state index is 6.75. The summed E-state index contributed by atoms with van der Waals surface area (Å²) in [5.41, 5.74) is 14.1. The Morgan fingerprint density at radius 3 is 2.07 bits per heavy atom. The predicted octanol–water partition coefficient (Wildman–Crippen LogP) is 12.8. The summed E-state index contributed by atoms with van der Waals surface area (Å²) in [7, 11) is 0. The van der Waals surface area contributed by atoms with Crippen molar-refractivity contribution in [3.8, 4) is 28.3 Å². The summed E-state index contributed by atoms with van der Waals surface area (Å²) in [6.07, 6.45) is 4.75. The molecule has 3 aromatic heterocycles. The van der Waals surface area contributed by atoms with Gasteiger partial charge in [0.2, 0.25) is 0 Å². The molecule has 7 aromatic carbocycles. The van der Waals surface area contributed by atoms with Crippen LogP contribution < -0.4 is 4.90 Å². The Labute approximate surface area is 317 Å². The second kappa shape index (κ2) is 11.6. The highest BCUT2D eigenvalue weighted by Gasteiger charge is 2.46. The molecular formula is C50H32N4O. The van der Waals surface area contributed by atoms with Gasteiger partial charge in [0.15, 0.2) is 11.4 Å². The molecule has 0 saturated carbocycles. The van der Waals surface area contributed by atoms with Crippen LogP contribution in [0.15, 0.2) is 180 Å². The number of hydrogen-bond acceptors (Lipinski definition) is 4. The van der Waals surface area contributed by atoms with Gasteiger partial charge < -0.3 is 13.9 Å². The smallest absolute Gasteiger partial charge is 0.160 e. The topological polar surface area (TPSA) is 47.1 Å². The predicted molar refractivity (Wildman–Crippen MR) is 224 cm³/mol. The minimum atomic E-state index is -0.0134. The molecule has 4 heterocycles. The van der Waals surface area contributed by atoms with Crippen molar-refractivity contribution in [1.29, 1.82) is 0 Å². The summed E-state index contributed by atoms with van der Waals surface area (Å²) in [6.45, 7) is 0. The number of hydrogen-bond donors (Lipinski definition) is 0. The number of aromatic nitrogens is 3. The summed E-state index contributed by atoms with van der Waals surface area (Å²) in [6, 6.07) is 60.0. The van der Waals surface area contributed by atoms with Crippen molar-refractivity contribution in [3.05, 3.63) is 193 Å². The zero-order valence-corrected chi connectivity index (χ0v) is 29.7. The Balaban J connectivity index is 1.05. The van der Waals surface area contributed by atoms with E-state index in [1.165, 1.54) is 27.7 Å². The fourth-order valence-electron chi connectivity index (χ4n) is 9.17. The number of benzene rings is 7. The third-order valence-electron chi connectivity index (χ3n) is 11.5. The first-order valence-corrected chi connectivity index (χ1v) is 18.8. The van der Waals surface area contributed by atoms with E-state index in [1.54, 1.807) is 0 Å². The Hall–Kier alpha value is -7.24. The molecule has 2 unspecified atom stereocenters. The molecule has 2 aliphatic rings. The van der Waals surface area contributed by atoms with E-state index in [4.69, 9.17) is 14.4 Å². The van der Waals surface area contributed by atoms with Crippen LogP contribution >= 0.6 is 0 Å². The molecule has 0 radical (unpaired) electrons. The number of furan rings is 1. The highest BCUT2D eigenvalue weighted by atomic mass is 16.3. The zero-order valence-electron chi connectivity index (χ0n) is 29.7. The van der Waals surface area contributed by atoms with Crippen molar-refractivity contribution >= 4 is 61.2 Å². The molecule has 12 rings (SSSR count). The van der Waals surface area contributed by atoms with Gasteiger partial charge in [0, 0.05) is 55.5 Å². The van der Waals surface area contributed by atoms with Crippen molar-refractivity contribution < 1.29 is 4.42 Å². The molecule has 1 aliphatic carbocycles. The molecule has 2 atom stereocenters. The molecule has 5 nitrogen and oxygen atoms in total. The average Bonchev–Trinajstić information content (AvgIpc) is 3.92. The van der Waals surface area contributed by atoms with E-state index in [0.29, 0.717) is 5.82 Å². The fourth-order valence-corrected chi connectivity index (χ4v) is 9.17. The average molecular weight is 705 g/mol. The fraction of sp³-hybridized carbons (Fsp3) is 0.0400. The first-order chi connectivity index (χ1) is 27.3. The normalized spacial score (nSPS) is 15.9. The lowest BCUT2D eigenvalue weighted by Gasteiger charge is -2.33. The number of anilines is 2. The largest absolute Gasteiger partial charge is 0.454 e. The van der Waals surface area contributed by atoms with Crippen LogP contribution in [0.3, 0.4) is 0 Å². The number of nitrogens with zero attached hydrogens (tertiary/aromatic N) is 4. The Morgan fingerprint density at radius 2 is 1.24 bits per heavy atom. The molecule has 0 fully saturated rings. The highest BCUT2D eigenvalue weighted by Crippen LogP contribution is 2.59. The van der Waals surface area contributed by atoms with E-state index >= 15 is 0 Å². The van der Waals surface area contributed by atoms with Gasteiger partial charge >= 0.3 is 0 Å². The van der Waals surface area contributed by atoms with Gasteiger partial charge in [0.05, 0.1) is 34.2 Å². The van der Waals surface area contributed by atoms with E-state index in [-0.39, 0.29) is 12.0 Å². The van der Waals surface area contributed by atoms with Crippen molar-refractivity contribution in [3.63, 3.8) is 0 Å². The van der Waals surface area contributed by atoms with Gasteiger partial charge in [-0.05, 0) is 60.2 Å². The van der Waals surface area contributed by atoms with Gasteiger partial charge in [-0.3, -0.25) is 0 Å². The molecule has 0 amide bonds. The lowest BCUT2D eigenvalue weighted by Crippen LogP contribution is -2.26. The second-order valence-electron chi connectivity index (χ2n) is 14.5. The SMILES string of the molecule is C1=CC2c3ccc4c(oc5ccccc54)c3N(c3ccccc3)C2c2c1c1ccccc1n2-c1ccc(-c2nc(-c3ccccc3)c3ccccc3n2)cc1. The molecule has 0 bridgehead atoms. The maximum Gasteiger partial charge on any atom is 0.160 e. The van der Waals surface area contributed by atoms with Crippen LogP contribution in [0.25, 0.3) is 78.2 Å². The van der Waals surface area contributed by atoms with Crippen LogP contribution in [0.5, 0.6) is 0 Å². The van der Waals surface area contributed by atoms with Gasteiger partial charge in [-0.25, -0.2) is 9.97 Å². The minimum absolute atomic E-state index is 0.0134. The summed E-state index contributed by atoms with van der Waals surface area (Å²) in [4.78, 5) is 12.7. The van der Waals surface area contributed by atoms with E-state index in [0.717, 1.165) is 66.7 Å². The number of fused-ring (bicyclic) bond motifs is 12. The van der Waals surface area contributed by atoms with Crippen LogP contribution in [0.1, 0.15) is 28.8 Å². The van der Waals surface area contributed by atoms with Gasteiger partial charge in [0.1, 0.15) is 5.58 Å². The molecule has 1 aliphatic heterocycles. The zero-order chi connectivity index (χ0) is 36.0. The standard InChI is InChI=1S/C50H32N4O/c1-3-13-31(14-4-1)45-41-19-7-10-20-42(41)51-50(52-45)32-23-25-34(26-24-32)53-43-21-11-8-17-35(43)37-27-28-38-39-29-30-40-36-18-9-12-22-44(36)55-49(40)48(39)54(47(38)46(37)53)33-15-5-2-6-16-33/h1-30,38,47H. The molecular weight excluding hydrogens is 673 g/mol. The lowest BCUT2D eigenvalue weighted by atomic mass is 9.85. The van der Waals surface area contributed by atoms with Crippen LogP contribution in [0, 0.1) is 0 Å². The van der Waals surface area contributed by atoms with Crippen molar-refractivity contribution in [1.82, 2.24) is 14.5 Å². The van der Waals surface area contributed by atoms with E-state index < -0.39 is 0 Å². The Bertz CT molecular complexity index is 3160. The molecule has 258 valence electrons. The molecule has 5 heteroatoms. The summed E-state index contributed by atoms with van der Waals surface area (Å²) in [5, 5.41) is 4.56. The van der Waals surface area contributed by atoms with Crippen molar-refractivity contribution in [2.45, 2.75) is 12.0 Å². The Kier molecular flexibility index (Phi) is 6.39. The third kappa shape index (κ3) is 4.41. The monoisotopic (exact) mass is 704 g/mol. The summed E-state index contributed by atoms with van der Waals surface area (Å²) >= 11 is 0. The molecule has 0 spiro atoms. The van der Waals surface area contributed by atoms with Gasteiger partial charge in [-0.1, -0.05) is 127 Å². The van der Waals surface area contributed by atoms with E-state index in [1.807, 2.05) is 18.2 Å². The first kappa shape index (κ1) is 30.2. The van der Waals surface area contributed by atoms with Gasteiger partial charge in [-0.2, -0.15) is 0 Å². The molecule has 55 heavy (non-hydrogen) atoms. The van der Waals surface area contributed by atoms with Crippen LogP contribution in [-0.2, 0) is 0 Å². The first-order valence-electron chi connectivity index (χ1n) is 18.8.